The van der Waals surface area contributed by atoms with Crippen molar-refractivity contribution >= 4 is 28.4 Å². The zero-order chi connectivity index (χ0) is 24.2. The number of carbonyl (C=O) groups is 2. The number of amidine groups is 1. The van der Waals surface area contributed by atoms with Crippen LogP contribution in [-0.4, -0.2) is 47.2 Å². The summed E-state index contributed by atoms with van der Waals surface area (Å²) in [6.07, 6.45) is 1.03. The number of benzene rings is 3. The number of carbonyl (C=O) groups excluding carboxylic acids is 1. The zero-order valence-electron chi connectivity index (χ0n) is 18.7. The Hall–Kier alpha value is -4.02. The number of hydrogen-bond donors (Lipinski definition) is 3. The van der Waals surface area contributed by atoms with E-state index in [0.29, 0.717) is 36.2 Å². The van der Waals surface area contributed by atoms with Gasteiger partial charge in [0.25, 0.3) is 0 Å². The van der Waals surface area contributed by atoms with Crippen molar-refractivity contribution in [3.05, 3.63) is 82.9 Å². The highest BCUT2D eigenvalue weighted by Crippen LogP contribution is 2.26. The maximum Gasteiger partial charge on any atom is 0.311 e. The van der Waals surface area contributed by atoms with Gasteiger partial charge in [0.15, 0.2) is 5.78 Å². The molecule has 0 spiro atoms. The predicted octanol–water partition coefficient (Wildman–Crippen LogP) is 3.56. The minimum atomic E-state index is -0.931. The van der Waals surface area contributed by atoms with Gasteiger partial charge in [0.05, 0.1) is 18.5 Å². The molecular weight excluding hydrogens is 428 g/mol. The number of fused-ring (bicyclic) bond motifs is 1. The largest absolute Gasteiger partial charge is 0.481 e. The van der Waals surface area contributed by atoms with Crippen LogP contribution in [0.4, 0.5) is 0 Å². The molecule has 1 fully saturated rings. The van der Waals surface area contributed by atoms with E-state index in [9.17, 15) is 14.7 Å². The van der Waals surface area contributed by atoms with Crippen molar-refractivity contribution in [1.29, 1.82) is 10.7 Å². The lowest BCUT2D eigenvalue weighted by Crippen LogP contribution is -2.23. The van der Waals surface area contributed by atoms with E-state index < -0.39 is 11.9 Å². The smallest absolute Gasteiger partial charge is 0.311 e. The lowest BCUT2D eigenvalue weighted by molar-refractivity contribution is -0.138. The molecule has 7 heteroatoms. The molecule has 1 heterocycles. The molecule has 4 rings (SSSR count). The summed E-state index contributed by atoms with van der Waals surface area (Å²) in [6, 6.07) is 20.3. The van der Waals surface area contributed by atoms with Gasteiger partial charge in [-0.2, -0.15) is 5.26 Å². The molecule has 0 saturated carbocycles. The first-order valence-corrected chi connectivity index (χ1v) is 11.2. The Labute approximate surface area is 197 Å². The molecule has 34 heavy (non-hydrogen) atoms. The Morgan fingerprint density at radius 2 is 1.79 bits per heavy atom. The molecule has 0 amide bonds. The summed E-state index contributed by atoms with van der Waals surface area (Å²) >= 11 is 0. The number of nitrogens with two attached hydrogens (primary N) is 1. The van der Waals surface area contributed by atoms with E-state index in [1.165, 1.54) is 0 Å². The van der Waals surface area contributed by atoms with Crippen molar-refractivity contribution in [2.24, 2.45) is 11.7 Å². The second kappa shape index (κ2) is 9.86. The van der Waals surface area contributed by atoms with Crippen molar-refractivity contribution < 1.29 is 14.7 Å². The number of nitrogens with one attached hydrogen (secondary N) is 1. The zero-order valence-corrected chi connectivity index (χ0v) is 18.7. The van der Waals surface area contributed by atoms with Crippen LogP contribution in [0.15, 0.2) is 60.7 Å². The van der Waals surface area contributed by atoms with Crippen molar-refractivity contribution in [2.45, 2.75) is 18.8 Å². The van der Waals surface area contributed by atoms with Crippen molar-refractivity contribution in [1.82, 2.24) is 4.90 Å². The van der Waals surface area contributed by atoms with Crippen LogP contribution in [-0.2, 0) is 11.2 Å². The minimum Gasteiger partial charge on any atom is -0.481 e. The van der Waals surface area contributed by atoms with Crippen LogP contribution in [0.3, 0.4) is 0 Å². The van der Waals surface area contributed by atoms with E-state index >= 15 is 0 Å². The maximum atomic E-state index is 12.9. The quantitative estimate of drug-likeness (QED) is 0.206. The van der Waals surface area contributed by atoms with Crippen molar-refractivity contribution in [2.75, 3.05) is 19.6 Å². The fourth-order valence-corrected chi connectivity index (χ4v) is 4.58. The third-order valence-corrected chi connectivity index (χ3v) is 6.49. The summed E-state index contributed by atoms with van der Waals surface area (Å²) < 4.78 is 0. The number of carboxylic acid groups (broad SMARTS) is 1. The Kier molecular flexibility index (Phi) is 6.71. The summed E-state index contributed by atoms with van der Waals surface area (Å²) in [6.45, 7) is 1.65. The third-order valence-electron chi connectivity index (χ3n) is 6.49. The number of Topliss-reactive ketones (excluding diaryl/α,β-unsaturated/α-hetero) is 1. The van der Waals surface area contributed by atoms with Crippen LogP contribution in [0.5, 0.6) is 0 Å². The van der Waals surface area contributed by atoms with Gasteiger partial charge in [0, 0.05) is 23.6 Å². The lowest BCUT2D eigenvalue weighted by Gasteiger charge is -2.15. The molecule has 1 saturated heterocycles. The van der Waals surface area contributed by atoms with Gasteiger partial charge in [-0.25, -0.2) is 0 Å². The Balaban J connectivity index is 1.51. The molecule has 3 aromatic rings. The van der Waals surface area contributed by atoms with Gasteiger partial charge in [-0.3, -0.25) is 19.9 Å². The average Bonchev–Trinajstić information content (AvgIpc) is 3.30. The molecule has 0 aliphatic carbocycles. The fourth-order valence-electron chi connectivity index (χ4n) is 4.58. The first kappa shape index (κ1) is 23.1. The number of aliphatic carboxylic acids is 1. The van der Waals surface area contributed by atoms with Gasteiger partial charge in [0.2, 0.25) is 0 Å². The number of rotatable bonds is 8. The molecule has 2 atom stereocenters. The molecule has 1 aliphatic heterocycles. The first-order chi connectivity index (χ1) is 16.4. The van der Waals surface area contributed by atoms with Gasteiger partial charge >= 0.3 is 5.97 Å². The number of hydrogen-bond acceptors (Lipinski definition) is 5. The Morgan fingerprint density at radius 3 is 2.47 bits per heavy atom. The third kappa shape index (κ3) is 4.98. The topological polar surface area (TPSA) is 131 Å². The van der Waals surface area contributed by atoms with Gasteiger partial charge < -0.3 is 10.8 Å². The van der Waals surface area contributed by atoms with Gasteiger partial charge in [0.1, 0.15) is 5.84 Å². The normalized spacial score (nSPS) is 16.7. The molecular formula is C27H26N4O3. The molecule has 0 bridgehead atoms. The van der Waals surface area contributed by atoms with E-state index in [1.807, 2.05) is 35.2 Å². The molecule has 7 nitrogen and oxygen atoms in total. The van der Waals surface area contributed by atoms with E-state index in [4.69, 9.17) is 16.4 Å². The molecule has 0 aromatic heterocycles. The fraction of sp³-hybridized carbons (Fsp3) is 0.259. The van der Waals surface area contributed by atoms with E-state index in [2.05, 4.69) is 6.07 Å². The van der Waals surface area contributed by atoms with Gasteiger partial charge in [-0.1, -0.05) is 54.6 Å². The molecule has 172 valence electrons. The highest BCUT2D eigenvalue weighted by Gasteiger charge is 2.29. The summed E-state index contributed by atoms with van der Waals surface area (Å²) in [5, 5.41) is 28.3. The average molecular weight is 455 g/mol. The number of likely N-dealkylation sites (tertiary alicyclic amines) is 1. The minimum absolute atomic E-state index is 0.0132. The SMILES string of the molecule is N#CCN1CC[C@H](C(=O)c2ccc([C@H](Cc3ccc4ccc(C(=N)N)cc4c3)C(=O)O)cc2)C1. The van der Waals surface area contributed by atoms with Crippen LogP contribution in [0, 0.1) is 22.7 Å². The van der Waals surface area contributed by atoms with Crippen molar-refractivity contribution in [3.8, 4) is 6.07 Å². The summed E-state index contributed by atoms with van der Waals surface area (Å²) in [7, 11) is 0. The molecule has 0 unspecified atom stereocenters. The van der Waals surface area contributed by atoms with Crippen LogP contribution in [0.1, 0.15) is 39.4 Å². The summed E-state index contributed by atoms with van der Waals surface area (Å²) in [5.41, 5.74) is 8.29. The van der Waals surface area contributed by atoms with Gasteiger partial charge in [-0.15, -0.1) is 0 Å². The summed E-state index contributed by atoms with van der Waals surface area (Å²) in [4.78, 5) is 26.9. The van der Waals surface area contributed by atoms with Gasteiger partial charge in [-0.05, 0) is 47.4 Å². The molecule has 3 aromatic carbocycles. The molecule has 1 aliphatic rings. The maximum absolute atomic E-state index is 12.9. The van der Waals surface area contributed by atoms with Crippen molar-refractivity contribution in [3.63, 3.8) is 0 Å². The second-order valence-electron chi connectivity index (χ2n) is 8.77. The van der Waals surface area contributed by atoms with Crippen LogP contribution in [0.25, 0.3) is 10.8 Å². The van der Waals surface area contributed by atoms with Crippen LogP contribution in [0.2, 0.25) is 0 Å². The number of nitrogen functional groups attached to an aromatic ring is 1. The van der Waals surface area contributed by atoms with E-state index in [1.54, 1.807) is 30.3 Å². The highest BCUT2D eigenvalue weighted by molar-refractivity contribution is 5.99. The Morgan fingerprint density at radius 1 is 1.09 bits per heavy atom. The van der Waals surface area contributed by atoms with E-state index in [-0.39, 0.29) is 17.5 Å². The summed E-state index contributed by atoms with van der Waals surface area (Å²) in [5.74, 6) is -1.79. The van der Waals surface area contributed by atoms with E-state index in [0.717, 1.165) is 29.3 Å². The van der Waals surface area contributed by atoms with Crippen LogP contribution >= 0.6 is 0 Å². The number of nitriles is 1. The monoisotopic (exact) mass is 454 g/mol. The number of ketones is 1. The number of nitrogens with zero attached hydrogens (tertiary/aromatic N) is 2. The Bertz CT molecular complexity index is 1290. The lowest BCUT2D eigenvalue weighted by atomic mass is 9.89. The second-order valence-corrected chi connectivity index (χ2v) is 8.77. The standard InChI is InChI=1S/C27H26N4O3/c28-10-12-31-11-9-22(16-31)25(32)20-6-4-19(5-7-20)24(27(33)34)14-17-1-2-18-3-8-21(26(29)30)15-23(18)13-17/h1-8,13,15,22,24H,9,11-12,14,16H2,(H3,29,30)(H,33,34)/t22-,24-/m0/s1. The first-order valence-electron chi connectivity index (χ1n) is 11.2. The molecule has 4 N–H and O–H groups in total. The number of carboxylic acids is 1. The highest BCUT2D eigenvalue weighted by atomic mass is 16.4. The predicted molar refractivity (Wildman–Crippen MR) is 130 cm³/mol. The molecule has 0 radical (unpaired) electrons. The van der Waals surface area contributed by atoms with Crippen LogP contribution < -0.4 is 5.73 Å².